The summed E-state index contributed by atoms with van der Waals surface area (Å²) in [4.78, 5) is 18.9. The number of para-hydroxylation sites is 1. The SMILES string of the molecule is Cc1ccccc1NC(=O)CN1CCCC(C#N)(c2ccccn2)C1. The van der Waals surface area contributed by atoms with Gasteiger partial charge in [0.1, 0.15) is 5.41 Å². The first-order valence-electron chi connectivity index (χ1n) is 8.53. The quantitative estimate of drug-likeness (QED) is 0.933. The van der Waals surface area contributed by atoms with Crippen LogP contribution < -0.4 is 5.32 Å². The fourth-order valence-corrected chi connectivity index (χ4v) is 3.39. The van der Waals surface area contributed by atoms with Crippen molar-refractivity contribution in [3.8, 4) is 6.07 Å². The predicted octanol–water partition coefficient (Wildman–Crippen LogP) is 2.89. The van der Waals surface area contributed by atoms with Crippen LogP contribution in [0, 0.1) is 18.3 Å². The number of carbonyl (C=O) groups is 1. The Labute approximate surface area is 148 Å². The molecular weight excluding hydrogens is 312 g/mol. The second-order valence-electron chi connectivity index (χ2n) is 6.59. The second-order valence-corrected chi connectivity index (χ2v) is 6.59. The molecule has 0 bridgehead atoms. The molecule has 0 aliphatic carbocycles. The zero-order chi connectivity index (χ0) is 17.7. The first kappa shape index (κ1) is 17.1. The minimum Gasteiger partial charge on any atom is -0.325 e. The average molecular weight is 334 g/mol. The summed E-state index contributed by atoms with van der Waals surface area (Å²) < 4.78 is 0. The Morgan fingerprint density at radius 3 is 2.84 bits per heavy atom. The average Bonchev–Trinajstić information content (AvgIpc) is 2.64. The number of aryl methyl sites for hydroxylation is 1. The summed E-state index contributed by atoms with van der Waals surface area (Å²) in [5.41, 5.74) is 2.03. The zero-order valence-electron chi connectivity index (χ0n) is 14.4. The van der Waals surface area contributed by atoms with Gasteiger partial charge in [-0.1, -0.05) is 24.3 Å². The molecule has 1 unspecified atom stereocenters. The van der Waals surface area contributed by atoms with Gasteiger partial charge in [-0.2, -0.15) is 5.26 Å². The lowest BCUT2D eigenvalue weighted by molar-refractivity contribution is -0.117. The minimum absolute atomic E-state index is 0.0518. The van der Waals surface area contributed by atoms with Crippen LogP contribution in [0.5, 0.6) is 0 Å². The molecule has 128 valence electrons. The number of aromatic nitrogens is 1. The Morgan fingerprint density at radius 1 is 1.32 bits per heavy atom. The molecule has 25 heavy (non-hydrogen) atoms. The molecule has 1 amide bonds. The number of hydrogen-bond acceptors (Lipinski definition) is 4. The fourth-order valence-electron chi connectivity index (χ4n) is 3.39. The molecule has 1 aliphatic heterocycles. The van der Waals surface area contributed by atoms with Crippen molar-refractivity contribution in [1.82, 2.24) is 9.88 Å². The predicted molar refractivity (Wildman–Crippen MR) is 97.0 cm³/mol. The number of nitriles is 1. The van der Waals surface area contributed by atoms with Crippen molar-refractivity contribution < 1.29 is 4.79 Å². The lowest BCUT2D eigenvalue weighted by Gasteiger charge is -2.37. The van der Waals surface area contributed by atoms with Gasteiger partial charge in [0.05, 0.1) is 18.3 Å². The summed E-state index contributed by atoms with van der Waals surface area (Å²) in [6, 6.07) is 15.8. The van der Waals surface area contributed by atoms with E-state index in [1.54, 1.807) is 6.20 Å². The van der Waals surface area contributed by atoms with Gasteiger partial charge in [0.15, 0.2) is 0 Å². The summed E-state index contributed by atoms with van der Waals surface area (Å²) in [5.74, 6) is -0.0518. The van der Waals surface area contributed by atoms with Crippen LogP contribution in [0.3, 0.4) is 0 Å². The van der Waals surface area contributed by atoms with Gasteiger partial charge < -0.3 is 5.32 Å². The number of piperidine rings is 1. The van der Waals surface area contributed by atoms with Crippen molar-refractivity contribution >= 4 is 11.6 Å². The maximum absolute atomic E-state index is 12.4. The molecule has 2 aromatic rings. The van der Waals surface area contributed by atoms with Crippen LogP contribution in [0.1, 0.15) is 24.1 Å². The molecule has 0 radical (unpaired) electrons. The number of amides is 1. The highest BCUT2D eigenvalue weighted by Gasteiger charge is 2.39. The summed E-state index contributed by atoms with van der Waals surface area (Å²) in [7, 11) is 0. The smallest absolute Gasteiger partial charge is 0.238 e. The highest BCUT2D eigenvalue weighted by molar-refractivity contribution is 5.92. The van der Waals surface area contributed by atoms with E-state index in [0.29, 0.717) is 6.54 Å². The number of hydrogen-bond donors (Lipinski definition) is 1. The van der Waals surface area contributed by atoms with Crippen molar-refractivity contribution in [2.75, 3.05) is 25.0 Å². The number of rotatable bonds is 4. The normalized spacial score (nSPS) is 20.6. The van der Waals surface area contributed by atoms with E-state index in [2.05, 4.69) is 21.3 Å². The van der Waals surface area contributed by atoms with Crippen molar-refractivity contribution in [2.24, 2.45) is 0 Å². The summed E-state index contributed by atoms with van der Waals surface area (Å²) in [5, 5.41) is 12.8. The third kappa shape index (κ3) is 3.86. The highest BCUT2D eigenvalue weighted by Crippen LogP contribution is 2.32. The van der Waals surface area contributed by atoms with Gasteiger partial charge >= 0.3 is 0 Å². The Hall–Kier alpha value is -2.71. The first-order chi connectivity index (χ1) is 12.1. The Morgan fingerprint density at radius 2 is 2.12 bits per heavy atom. The van der Waals surface area contributed by atoms with E-state index in [-0.39, 0.29) is 12.5 Å². The number of carbonyl (C=O) groups excluding carboxylic acids is 1. The van der Waals surface area contributed by atoms with Gasteiger partial charge in [-0.05, 0) is 50.1 Å². The Bertz CT molecular complexity index is 784. The molecule has 1 aromatic heterocycles. The number of anilines is 1. The molecule has 0 saturated carbocycles. The molecule has 5 heteroatoms. The molecule has 1 aliphatic rings. The van der Waals surface area contributed by atoms with Crippen LogP contribution in [-0.4, -0.2) is 35.4 Å². The van der Waals surface area contributed by atoms with Crippen molar-refractivity contribution in [3.05, 3.63) is 59.9 Å². The molecule has 1 saturated heterocycles. The molecule has 1 atom stereocenters. The third-order valence-corrected chi connectivity index (χ3v) is 4.73. The first-order valence-corrected chi connectivity index (χ1v) is 8.53. The number of nitrogens with zero attached hydrogens (tertiary/aromatic N) is 3. The largest absolute Gasteiger partial charge is 0.325 e. The highest BCUT2D eigenvalue weighted by atomic mass is 16.2. The Kier molecular flexibility index (Phi) is 5.11. The molecular formula is C20H22N4O. The summed E-state index contributed by atoms with van der Waals surface area (Å²) >= 11 is 0. The van der Waals surface area contributed by atoms with Crippen LogP contribution in [0.25, 0.3) is 0 Å². The van der Waals surface area contributed by atoms with E-state index in [1.807, 2.05) is 49.4 Å². The standard InChI is InChI=1S/C20H22N4O/c1-16-7-2-3-8-17(16)23-19(25)13-24-12-6-10-20(14-21,15-24)18-9-4-5-11-22-18/h2-5,7-9,11H,6,10,12-13,15H2,1H3,(H,23,25). The molecule has 0 spiro atoms. The van der Waals surface area contributed by atoms with Crippen LogP contribution in [-0.2, 0) is 10.2 Å². The fraction of sp³-hybridized carbons (Fsp3) is 0.350. The number of likely N-dealkylation sites (tertiary alicyclic amines) is 1. The molecule has 3 rings (SSSR count). The van der Waals surface area contributed by atoms with Crippen molar-refractivity contribution in [3.63, 3.8) is 0 Å². The maximum Gasteiger partial charge on any atom is 0.238 e. The molecule has 1 aromatic carbocycles. The Balaban J connectivity index is 1.68. The van der Waals surface area contributed by atoms with Crippen LogP contribution >= 0.6 is 0 Å². The molecule has 1 fully saturated rings. The van der Waals surface area contributed by atoms with Gasteiger partial charge in [-0.3, -0.25) is 14.7 Å². The summed E-state index contributed by atoms with van der Waals surface area (Å²) in [6.45, 7) is 3.60. The van der Waals surface area contributed by atoms with Gasteiger partial charge in [0, 0.05) is 18.4 Å². The van der Waals surface area contributed by atoms with Crippen molar-refractivity contribution in [2.45, 2.75) is 25.2 Å². The number of pyridine rings is 1. The van der Waals surface area contributed by atoms with E-state index in [1.165, 1.54) is 0 Å². The molecule has 2 heterocycles. The number of nitrogens with one attached hydrogen (secondary N) is 1. The van der Waals surface area contributed by atoms with E-state index >= 15 is 0 Å². The monoisotopic (exact) mass is 334 g/mol. The van der Waals surface area contributed by atoms with Crippen LogP contribution in [0.4, 0.5) is 5.69 Å². The lowest BCUT2D eigenvalue weighted by Crippen LogP contribution is -2.48. The summed E-state index contributed by atoms with van der Waals surface area (Å²) in [6.07, 6.45) is 3.37. The van der Waals surface area contributed by atoms with Gasteiger partial charge in [0.2, 0.25) is 5.91 Å². The molecule has 5 nitrogen and oxygen atoms in total. The van der Waals surface area contributed by atoms with E-state index in [9.17, 15) is 10.1 Å². The maximum atomic E-state index is 12.4. The van der Waals surface area contributed by atoms with Gasteiger partial charge in [-0.15, -0.1) is 0 Å². The third-order valence-electron chi connectivity index (χ3n) is 4.73. The zero-order valence-corrected chi connectivity index (χ0v) is 14.4. The van der Waals surface area contributed by atoms with Gasteiger partial charge in [-0.25, -0.2) is 0 Å². The van der Waals surface area contributed by atoms with Crippen LogP contribution in [0.15, 0.2) is 48.7 Å². The van der Waals surface area contributed by atoms with E-state index in [0.717, 1.165) is 36.3 Å². The van der Waals surface area contributed by atoms with E-state index < -0.39 is 5.41 Å². The van der Waals surface area contributed by atoms with E-state index in [4.69, 9.17) is 0 Å². The van der Waals surface area contributed by atoms with Crippen molar-refractivity contribution in [1.29, 1.82) is 5.26 Å². The van der Waals surface area contributed by atoms with Gasteiger partial charge in [0.25, 0.3) is 0 Å². The second kappa shape index (κ2) is 7.45. The topological polar surface area (TPSA) is 69.0 Å². The minimum atomic E-state index is -0.636. The lowest BCUT2D eigenvalue weighted by atomic mass is 9.78. The number of benzene rings is 1. The molecule has 1 N–H and O–H groups in total. The van der Waals surface area contributed by atoms with Crippen LogP contribution in [0.2, 0.25) is 0 Å².